The van der Waals surface area contributed by atoms with E-state index in [1.165, 1.54) is 0 Å². The van der Waals surface area contributed by atoms with Gasteiger partial charge in [0.05, 0.1) is 13.3 Å². The van der Waals surface area contributed by atoms with E-state index >= 15 is 0 Å². The van der Waals surface area contributed by atoms with Crippen LogP contribution in [0.25, 0.3) is 0 Å². The Balaban J connectivity index is 2.46. The fraction of sp³-hybridized carbons (Fsp3) is 0.333. The predicted octanol–water partition coefficient (Wildman–Crippen LogP) is 1.95. The second-order valence-electron chi connectivity index (χ2n) is 3.32. The molecule has 1 aromatic rings. The van der Waals surface area contributed by atoms with E-state index in [0.29, 0.717) is 6.42 Å². The molecule has 0 bridgehead atoms. The van der Waals surface area contributed by atoms with E-state index in [-0.39, 0.29) is 5.91 Å². The smallest absolute Gasteiger partial charge is 0.240 e. The zero-order chi connectivity index (χ0) is 11.8. The number of nitrogens with one attached hydrogen (secondary N) is 1. The molecule has 0 aliphatic carbocycles. The van der Waals surface area contributed by atoms with Crippen LogP contribution in [0, 0.1) is 0 Å². The van der Waals surface area contributed by atoms with Crippen molar-refractivity contribution in [3.8, 4) is 5.75 Å². The molecular weight excluding hydrogens is 204 g/mol. The van der Waals surface area contributed by atoms with Gasteiger partial charge in [0, 0.05) is 6.42 Å². The Morgan fingerprint density at radius 1 is 1.44 bits per heavy atom. The molecule has 0 atom stereocenters. The normalized spacial score (nSPS) is 10.4. The van der Waals surface area contributed by atoms with Gasteiger partial charge < -0.3 is 4.74 Å². The first-order chi connectivity index (χ1) is 7.76. The minimum absolute atomic E-state index is 0.0627. The standard InChI is InChI=1S/C12H16N2O2/c1-3-4-12(15)14-13-9-10-5-7-11(16-2)8-6-10/h5-9H,3-4H2,1-2H3,(H,14,15). The van der Waals surface area contributed by atoms with Crippen LogP contribution in [-0.2, 0) is 4.79 Å². The molecule has 4 nitrogen and oxygen atoms in total. The van der Waals surface area contributed by atoms with Crippen LogP contribution in [-0.4, -0.2) is 19.2 Å². The maximum atomic E-state index is 11.1. The number of methoxy groups -OCH3 is 1. The zero-order valence-electron chi connectivity index (χ0n) is 9.56. The van der Waals surface area contributed by atoms with Crippen LogP contribution < -0.4 is 10.2 Å². The number of benzene rings is 1. The summed E-state index contributed by atoms with van der Waals surface area (Å²) in [4.78, 5) is 11.1. The molecule has 1 N–H and O–H groups in total. The molecule has 4 heteroatoms. The number of carbonyl (C=O) groups excluding carboxylic acids is 1. The molecule has 0 radical (unpaired) electrons. The number of rotatable bonds is 5. The third-order valence-corrected chi connectivity index (χ3v) is 2.00. The van der Waals surface area contributed by atoms with Crippen LogP contribution in [0.2, 0.25) is 0 Å². The molecule has 86 valence electrons. The number of hydrogen-bond donors (Lipinski definition) is 1. The Bertz CT molecular complexity index is 358. The number of ether oxygens (including phenoxy) is 1. The predicted molar refractivity (Wildman–Crippen MR) is 63.6 cm³/mol. The molecule has 0 fully saturated rings. The number of amides is 1. The van der Waals surface area contributed by atoms with Gasteiger partial charge in [-0.05, 0) is 36.2 Å². The van der Waals surface area contributed by atoms with Crippen molar-refractivity contribution in [3.05, 3.63) is 29.8 Å². The molecule has 1 rings (SSSR count). The highest BCUT2D eigenvalue weighted by Gasteiger charge is 1.95. The highest BCUT2D eigenvalue weighted by molar-refractivity contribution is 5.82. The summed E-state index contributed by atoms with van der Waals surface area (Å²) in [6, 6.07) is 7.42. The summed E-state index contributed by atoms with van der Waals surface area (Å²) in [5, 5.41) is 3.85. The Labute approximate surface area is 95.3 Å². The molecule has 0 aliphatic rings. The second kappa shape index (κ2) is 6.61. The van der Waals surface area contributed by atoms with Crippen molar-refractivity contribution in [3.63, 3.8) is 0 Å². The molecule has 0 aromatic heterocycles. The van der Waals surface area contributed by atoms with Crippen LogP contribution in [0.5, 0.6) is 5.75 Å². The summed E-state index contributed by atoms with van der Waals surface area (Å²) < 4.78 is 5.03. The quantitative estimate of drug-likeness (QED) is 0.609. The third kappa shape index (κ3) is 4.13. The number of carbonyl (C=O) groups is 1. The van der Waals surface area contributed by atoms with Crippen LogP contribution in [0.4, 0.5) is 0 Å². The lowest BCUT2D eigenvalue weighted by Crippen LogP contribution is -2.16. The van der Waals surface area contributed by atoms with Gasteiger partial charge in [-0.15, -0.1) is 0 Å². The van der Waals surface area contributed by atoms with Crippen molar-refractivity contribution >= 4 is 12.1 Å². The van der Waals surface area contributed by atoms with E-state index < -0.39 is 0 Å². The van der Waals surface area contributed by atoms with Crippen LogP contribution in [0.3, 0.4) is 0 Å². The average molecular weight is 220 g/mol. The molecular formula is C12H16N2O2. The van der Waals surface area contributed by atoms with E-state index in [0.717, 1.165) is 17.7 Å². The summed E-state index contributed by atoms with van der Waals surface area (Å²) >= 11 is 0. The first-order valence-corrected chi connectivity index (χ1v) is 5.22. The molecule has 0 saturated carbocycles. The van der Waals surface area contributed by atoms with E-state index in [9.17, 15) is 4.79 Å². The first-order valence-electron chi connectivity index (χ1n) is 5.22. The molecule has 0 unspecified atom stereocenters. The number of nitrogens with zero attached hydrogens (tertiary/aromatic N) is 1. The Morgan fingerprint density at radius 2 is 2.12 bits per heavy atom. The van der Waals surface area contributed by atoms with Gasteiger partial charge in [-0.2, -0.15) is 5.10 Å². The van der Waals surface area contributed by atoms with E-state index in [1.54, 1.807) is 13.3 Å². The van der Waals surface area contributed by atoms with Gasteiger partial charge in [-0.3, -0.25) is 4.79 Å². The monoisotopic (exact) mass is 220 g/mol. The van der Waals surface area contributed by atoms with Gasteiger partial charge in [0.15, 0.2) is 0 Å². The lowest BCUT2D eigenvalue weighted by Gasteiger charge is -1.99. The highest BCUT2D eigenvalue weighted by Crippen LogP contribution is 2.09. The zero-order valence-corrected chi connectivity index (χ0v) is 9.56. The summed E-state index contributed by atoms with van der Waals surface area (Å²) in [6.45, 7) is 1.95. The molecule has 0 spiro atoms. The van der Waals surface area contributed by atoms with Gasteiger partial charge in [0.1, 0.15) is 5.75 Å². The van der Waals surface area contributed by atoms with Crippen molar-refractivity contribution in [1.82, 2.24) is 5.43 Å². The summed E-state index contributed by atoms with van der Waals surface area (Å²) in [7, 11) is 1.62. The second-order valence-corrected chi connectivity index (χ2v) is 3.32. The van der Waals surface area contributed by atoms with Gasteiger partial charge in [0.25, 0.3) is 0 Å². The van der Waals surface area contributed by atoms with Crippen LogP contribution >= 0.6 is 0 Å². The van der Waals surface area contributed by atoms with E-state index in [4.69, 9.17) is 4.74 Å². The lowest BCUT2D eigenvalue weighted by atomic mass is 10.2. The molecule has 0 heterocycles. The van der Waals surface area contributed by atoms with Crippen LogP contribution in [0.15, 0.2) is 29.4 Å². The average Bonchev–Trinajstić information content (AvgIpc) is 2.30. The van der Waals surface area contributed by atoms with E-state index in [1.807, 2.05) is 31.2 Å². The fourth-order valence-electron chi connectivity index (χ4n) is 1.15. The Kier molecular flexibility index (Phi) is 5.05. The first kappa shape index (κ1) is 12.2. The fourth-order valence-corrected chi connectivity index (χ4v) is 1.15. The lowest BCUT2D eigenvalue weighted by molar-refractivity contribution is -0.121. The van der Waals surface area contributed by atoms with Crippen molar-refractivity contribution in [2.24, 2.45) is 5.10 Å². The minimum atomic E-state index is -0.0627. The SMILES string of the molecule is CCCC(=O)NN=Cc1ccc(OC)cc1. The molecule has 0 aliphatic heterocycles. The largest absolute Gasteiger partial charge is 0.497 e. The summed E-state index contributed by atoms with van der Waals surface area (Å²) in [5.41, 5.74) is 3.37. The van der Waals surface area contributed by atoms with Gasteiger partial charge in [0.2, 0.25) is 5.91 Å². The number of hydrazone groups is 1. The molecule has 1 aromatic carbocycles. The van der Waals surface area contributed by atoms with Crippen molar-refractivity contribution < 1.29 is 9.53 Å². The third-order valence-electron chi connectivity index (χ3n) is 2.00. The molecule has 0 saturated heterocycles. The maximum Gasteiger partial charge on any atom is 0.240 e. The van der Waals surface area contributed by atoms with Crippen LogP contribution in [0.1, 0.15) is 25.3 Å². The van der Waals surface area contributed by atoms with E-state index in [2.05, 4.69) is 10.5 Å². The van der Waals surface area contributed by atoms with Gasteiger partial charge in [-0.25, -0.2) is 5.43 Å². The number of hydrogen-bond acceptors (Lipinski definition) is 3. The van der Waals surface area contributed by atoms with Gasteiger partial charge in [-0.1, -0.05) is 6.92 Å². The van der Waals surface area contributed by atoms with Crippen molar-refractivity contribution in [2.75, 3.05) is 7.11 Å². The summed E-state index contributed by atoms with van der Waals surface area (Å²) in [6.07, 6.45) is 2.93. The Hall–Kier alpha value is -1.84. The van der Waals surface area contributed by atoms with Crippen molar-refractivity contribution in [2.45, 2.75) is 19.8 Å². The molecule has 1 amide bonds. The topological polar surface area (TPSA) is 50.7 Å². The maximum absolute atomic E-state index is 11.1. The molecule has 16 heavy (non-hydrogen) atoms. The highest BCUT2D eigenvalue weighted by atomic mass is 16.5. The Morgan fingerprint density at radius 3 is 2.69 bits per heavy atom. The minimum Gasteiger partial charge on any atom is -0.497 e. The summed E-state index contributed by atoms with van der Waals surface area (Å²) in [5.74, 6) is 0.736. The van der Waals surface area contributed by atoms with Crippen molar-refractivity contribution in [1.29, 1.82) is 0 Å². The van der Waals surface area contributed by atoms with Gasteiger partial charge >= 0.3 is 0 Å².